The number of aliphatic hydroxyl groups is 1. The number of cyclic esters (lactones) is 1. The second-order valence-electron chi connectivity index (χ2n) is 10.8. The first kappa shape index (κ1) is 25.7. The summed E-state index contributed by atoms with van der Waals surface area (Å²) in [6.45, 7) is 4.56. The van der Waals surface area contributed by atoms with E-state index in [4.69, 9.17) is 9.47 Å². The zero-order chi connectivity index (χ0) is 26.2. The second-order valence-corrected chi connectivity index (χ2v) is 10.8. The molecule has 0 saturated carbocycles. The van der Waals surface area contributed by atoms with E-state index in [1.807, 2.05) is 68.5 Å². The Morgan fingerprint density at radius 3 is 2.59 bits per heavy atom. The van der Waals surface area contributed by atoms with Gasteiger partial charge in [-0.3, -0.25) is 14.4 Å². The maximum atomic E-state index is 14.3. The highest BCUT2D eigenvalue weighted by molar-refractivity contribution is 5.99. The number of hydrogen-bond acceptors (Lipinski definition) is 6. The van der Waals surface area contributed by atoms with E-state index in [-0.39, 0.29) is 24.3 Å². The molecule has 8 heteroatoms. The van der Waals surface area contributed by atoms with Gasteiger partial charge in [0.15, 0.2) is 0 Å². The van der Waals surface area contributed by atoms with Crippen LogP contribution in [0.4, 0.5) is 0 Å². The average Bonchev–Trinajstić information content (AvgIpc) is 3.27. The third-order valence-electron chi connectivity index (χ3n) is 8.15. The van der Waals surface area contributed by atoms with Crippen LogP contribution in [-0.4, -0.2) is 76.2 Å². The Labute approximate surface area is 217 Å². The number of carbonyl (C=O) groups is 3. The number of allylic oxidation sites excluding steroid dienone is 1. The van der Waals surface area contributed by atoms with Crippen molar-refractivity contribution >= 4 is 17.8 Å². The lowest BCUT2D eigenvalue weighted by atomic mass is 9.78. The lowest BCUT2D eigenvalue weighted by Crippen LogP contribution is -2.59. The van der Waals surface area contributed by atoms with E-state index >= 15 is 0 Å². The standard InChI is InChI=1S/C29H36N2O6/c1-19(2)21(18-32)31-25-27(34)30(17-20-11-6-5-7-12-20)15-10-14-29(25)24(26(31)33)23-22(37-29)13-8-3-4-9-16-36-28(23)35/h5-8,10-14,19,21-25,32H,3-4,9,15-18H2,1-2H3/b13-8-/t21-,22+,23-,24-,25?,29-/m0/s1. The molecular formula is C29H36N2O6. The molecule has 0 radical (unpaired) electrons. The minimum atomic E-state index is -1.32. The highest BCUT2D eigenvalue weighted by Gasteiger charge is 2.72. The number of nitrogens with zero attached hydrogens (tertiary/aromatic N) is 2. The van der Waals surface area contributed by atoms with Crippen molar-refractivity contribution in [2.75, 3.05) is 19.8 Å². The third-order valence-corrected chi connectivity index (χ3v) is 8.15. The summed E-state index contributed by atoms with van der Waals surface area (Å²) in [6, 6.07) is 8.11. The molecule has 8 nitrogen and oxygen atoms in total. The summed E-state index contributed by atoms with van der Waals surface area (Å²) in [5, 5.41) is 10.3. The fraction of sp³-hybridized carbons (Fsp3) is 0.552. The molecule has 198 valence electrons. The SMILES string of the molecule is CC(C)[C@H](CO)N1C(=O)[C@@H]2[C@H]3C(=O)OCCCC/C=C\[C@H]3O[C@@]23C=CCN(Cc2ccccc2)C(=O)C13. The molecule has 1 aromatic carbocycles. The molecule has 4 aliphatic rings. The first-order valence-electron chi connectivity index (χ1n) is 13.3. The molecule has 4 heterocycles. The molecule has 0 aliphatic carbocycles. The zero-order valence-electron chi connectivity index (χ0n) is 21.5. The molecule has 0 aromatic heterocycles. The molecule has 2 saturated heterocycles. The van der Waals surface area contributed by atoms with Crippen LogP contribution in [-0.2, 0) is 30.4 Å². The number of likely N-dealkylation sites (tertiary alicyclic amines) is 1. The number of ether oxygens (including phenoxy) is 2. The number of carbonyl (C=O) groups excluding carboxylic acids is 3. The molecule has 1 unspecified atom stereocenters. The highest BCUT2D eigenvalue weighted by Crippen LogP contribution is 2.54. The first-order valence-corrected chi connectivity index (χ1v) is 13.3. The van der Waals surface area contributed by atoms with Crippen LogP contribution in [0.5, 0.6) is 0 Å². The van der Waals surface area contributed by atoms with Crippen molar-refractivity contribution in [2.45, 2.75) is 63.4 Å². The lowest BCUT2D eigenvalue weighted by Gasteiger charge is -2.39. The van der Waals surface area contributed by atoms with Crippen LogP contribution in [0.3, 0.4) is 0 Å². The maximum absolute atomic E-state index is 14.3. The number of fused-ring (bicyclic) bond motifs is 2. The topological polar surface area (TPSA) is 96.4 Å². The van der Waals surface area contributed by atoms with Gasteiger partial charge in [-0.15, -0.1) is 0 Å². The van der Waals surface area contributed by atoms with Gasteiger partial charge in [0.1, 0.15) is 17.6 Å². The predicted molar refractivity (Wildman–Crippen MR) is 136 cm³/mol. The van der Waals surface area contributed by atoms with E-state index < -0.39 is 41.6 Å². The van der Waals surface area contributed by atoms with Crippen LogP contribution in [0.1, 0.15) is 38.7 Å². The summed E-state index contributed by atoms with van der Waals surface area (Å²) in [7, 11) is 0. The van der Waals surface area contributed by atoms with Gasteiger partial charge in [-0.25, -0.2) is 0 Å². The van der Waals surface area contributed by atoms with Crippen molar-refractivity contribution in [1.29, 1.82) is 0 Å². The quantitative estimate of drug-likeness (QED) is 0.485. The largest absolute Gasteiger partial charge is 0.465 e. The van der Waals surface area contributed by atoms with E-state index in [2.05, 4.69) is 0 Å². The van der Waals surface area contributed by atoms with Crippen molar-refractivity contribution in [3.8, 4) is 0 Å². The van der Waals surface area contributed by atoms with Gasteiger partial charge in [0.05, 0.1) is 31.3 Å². The van der Waals surface area contributed by atoms with Crippen LogP contribution < -0.4 is 0 Å². The fourth-order valence-corrected chi connectivity index (χ4v) is 6.33. The van der Waals surface area contributed by atoms with Gasteiger partial charge in [-0.1, -0.05) is 68.5 Å². The normalized spacial score (nSPS) is 33.5. The van der Waals surface area contributed by atoms with Crippen LogP contribution >= 0.6 is 0 Å². The van der Waals surface area contributed by atoms with E-state index in [0.29, 0.717) is 19.7 Å². The van der Waals surface area contributed by atoms with Gasteiger partial charge in [0.25, 0.3) is 0 Å². The molecule has 0 bridgehead atoms. The van der Waals surface area contributed by atoms with Crippen molar-refractivity contribution in [2.24, 2.45) is 17.8 Å². The lowest BCUT2D eigenvalue weighted by molar-refractivity contribution is -0.157. The summed E-state index contributed by atoms with van der Waals surface area (Å²) in [6.07, 6.45) is 9.35. The summed E-state index contributed by atoms with van der Waals surface area (Å²) >= 11 is 0. The second kappa shape index (κ2) is 10.4. The summed E-state index contributed by atoms with van der Waals surface area (Å²) < 4.78 is 12.2. The van der Waals surface area contributed by atoms with Gasteiger partial charge < -0.3 is 24.4 Å². The monoisotopic (exact) mass is 508 g/mol. The minimum Gasteiger partial charge on any atom is -0.465 e. The van der Waals surface area contributed by atoms with Gasteiger partial charge in [0, 0.05) is 13.1 Å². The number of rotatable bonds is 5. The van der Waals surface area contributed by atoms with Crippen molar-refractivity contribution < 1.29 is 29.0 Å². The highest BCUT2D eigenvalue weighted by atomic mass is 16.6. The summed E-state index contributed by atoms with van der Waals surface area (Å²) in [4.78, 5) is 45.1. The smallest absolute Gasteiger partial charge is 0.312 e. The number of hydrogen-bond donors (Lipinski definition) is 1. The van der Waals surface area contributed by atoms with Crippen molar-refractivity contribution in [3.05, 3.63) is 60.2 Å². The minimum absolute atomic E-state index is 0.112. The van der Waals surface area contributed by atoms with E-state index in [9.17, 15) is 19.5 Å². The van der Waals surface area contributed by atoms with E-state index in [0.717, 1.165) is 24.8 Å². The third kappa shape index (κ3) is 4.40. The van der Waals surface area contributed by atoms with Crippen LogP contribution in [0, 0.1) is 17.8 Å². The molecule has 5 rings (SSSR count). The van der Waals surface area contributed by atoms with Gasteiger partial charge in [0.2, 0.25) is 11.8 Å². The summed E-state index contributed by atoms with van der Waals surface area (Å²) in [5.41, 5.74) is -0.350. The van der Waals surface area contributed by atoms with Crippen LogP contribution in [0.2, 0.25) is 0 Å². The Morgan fingerprint density at radius 2 is 1.86 bits per heavy atom. The maximum Gasteiger partial charge on any atom is 0.312 e. The molecule has 6 atom stereocenters. The Kier molecular flexibility index (Phi) is 7.23. The molecule has 37 heavy (non-hydrogen) atoms. The molecule has 2 fully saturated rings. The number of benzene rings is 1. The predicted octanol–water partition coefficient (Wildman–Crippen LogP) is 2.47. The van der Waals surface area contributed by atoms with Gasteiger partial charge in [-0.2, -0.15) is 0 Å². The Hall–Kier alpha value is -2.97. The Balaban J connectivity index is 1.60. The summed E-state index contributed by atoms with van der Waals surface area (Å²) in [5.74, 6) is -2.94. The van der Waals surface area contributed by atoms with Gasteiger partial charge in [-0.05, 0) is 30.7 Å². The van der Waals surface area contributed by atoms with Crippen molar-refractivity contribution in [1.82, 2.24) is 9.80 Å². The fourth-order valence-electron chi connectivity index (χ4n) is 6.33. The molecule has 1 N–H and O–H groups in total. The van der Waals surface area contributed by atoms with Crippen LogP contribution in [0.15, 0.2) is 54.6 Å². The molecular weight excluding hydrogens is 472 g/mol. The molecule has 4 aliphatic heterocycles. The molecule has 1 spiro atoms. The van der Waals surface area contributed by atoms with E-state index in [1.54, 1.807) is 4.90 Å². The van der Waals surface area contributed by atoms with Crippen LogP contribution in [0.25, 0.3) is 0 Å². The zero-order valence-corrected chi connectivity index (χ0v) is 21.5. The molecule has 2 amide bonds. The average molecular weight is 509 g/mol. The number of esters is 1. The Morgan fingerprint density at radius 1 is 1.08 bits per heavy atom. The molecule has 1 aromatic rings. The number of amides is 2. The van der Waals surface area contributed by atoms with E-state index in [1.165, 1.54) is 4.90 Å². The number of aliphatic hydroxyl groups excluding tert-OH is 1. The Bertz CT molecular complexity index is 1090. The first-order chi connectivity index (χ1) is 17.9. The van der Waals surface area contributed by atoms with Gasteiger partial charge >= 0.3 is 5.97 Å². The van der Waals surface area contributed by atoms with Crippen molar-refractivity contribution in [3.63, 3.8) is 0 Å².